The van der Waals surface area contributed by atoms with Crippen LogP contribution in [0, 0.1) is 0 Å². The molecule has 4 heteroatoms. The van der Waals surface area contributed by atoms with Gasteiger partial charge in [-0.05, 0) is 19.2 Å². The number of hydrogen-bond acceptors (Lipinski definition) is 3. The van der Waals surface area contributed by atoms with Crippen LogP contribution >= 0.6 is 0 Å². The Bertz CT molecular complexity index is 599. The van der Waals surface area contributed by atoms with Crippen molar-refractivity contribution in [2.24, 2.45) is 0 Å². The fourth-order valence-electron chi connectivity index (χ4n) is 1.80. The second-order valence-electron chi connectivity index (χ2n) is 4.30. The molecule has 0 spiro atoms. The Balaban J connectivity index is 0.000000257. The number of nitrogens with one attached hydrogen (secondary N) is 2. The third-order valence-electron chi connectivity index (χ3n) is 2.80. The van der Waals surface area contributed by atoms with Gasteiger partial charge >= 0.3 is 0 Å². The number of aliphatic hydroxyl groups is 1. The van der Waals surface area contributed by atoms with E-state index >= 15 is 0 Å². The lowest BCUT2D eigenvalue weighted by Crippen LogP contribution is -2.10. The van der Waals surface area contributed by atoms with E-state index in [4.69, 9.17) is 5.11 Å². The molecule has 0 fully saturated rings. The maximum atomic E-state index is 8.00. The third kappa shape index (κ3) is 3.66. The first kappa shape index (κ1) is 14.2. The number of hydrogen-bond donors (Lipinski definition) is 3. The Morgan fingerprint density at radius 2 is 1.75 bits per heavy atom. The van der Waals surface area contributed by atoms with Crippen molar-refractivity contribution in [1.29, 1.82) is 0 Å². The predicted octanol–water partition coefficient (Wildman–Crippen LogP) is 2.43. The summed E-state index contributed by atoms with van der Waals surface area (Å²) in [6.07, 6.45) is 0. The van der Waals surface area contributed by atoms with Crippen molar-refractivity contribution in [2.45, 2.75) is 0 Å². The molecular weight excluding hydrogens is 250 g/mol. The van der Waals surface area contributed by atoms with Crippen LogP contribution in [0.15, 0.2) is 54.6 Å². The highest BCUT2D eigenvalue weighted by atomic mass is 16.3. The van der Waals surface area contributed by atoms with Crippen molar-refractivity contribution in [3.05, 3.63) is 54.6 Å². The number of H-pyrrole nitrogens is 1. The van der Waals surface area contributed by atoms with Gasteiger partial charge < -0.3 is 15.4 Å². The number of benzene rings is 2. The number of aliphatic hydroxyl groups excluding tert-OH is 1. The van der Waals surface area contributed by atoms with E-state index in [1.165, 1.54) is 0 Å². The summed E-state index contributed by atoms with van der Waals surface area (Å²) in [5.74, 6) is 0.928. The normalized spacial score (nSPS) is 10.1. The molecule has 0 atom stereocenters. The molecule has 0 aliphatic heterocycles. The van der Waals surface area contributed by atoms with Gasteiger partial charge in [-0.1, -0.05) is 42.5 Å². The SMILES string of the molecule is CNCCO.c1ccc(-c2nc3ccccc3[nH]2)cc1. The van der Waals surface area contributed by atoms with E-state index in [-0.39, 0.29) is 6.61 Å². The molecule has 1 heterocycles. The molecule has 0 amide bonds. The van der Waals surface area contributed by atoms with Gasteiger partial charge in [-0.15, -0.1) is 0 Å². The van der Waals surface area contributed by atoms with Crippen LogP contribution in [0.1, 0.15) is 0 Å². The zero-order valence-corrected chi connectivity index (χ0v) is 11.5. The molecule has 0 saturated carbocycles. The first-order chi connectivity index (χ1) is 9.85. The number of aromatic nitrogens is 2. The Morgan fingerprint density at radius 3 is 2.35 bits per heavy atom. The number of para-hydroxylation sites is 2. The average molecular weight is 269 g/mol. The highest BCUT2D eigenvalue weighted by molar-refractivity contribution is 5.79. The smallest absolute Gasteiger partial charge is 0.138 e. The molecule has 0 aliphatic carbocycles. The zero-order valence-electron chi connectivity index (χ0n) is 11.5. The minimum absolute atomic E-state index is 0.233. The van der Waals surface area contributed by atoms with Crippen LogP contribution in [-0.4, -0.2) is 35.3 Å². The topological polar surface area (TPSA) is 60.9 Å². The quantitative estimate of drug-likeness (QED) is 0.684. The number of likely N-dealkylation sites (N-methyl/N-ethyl adjacent to an activating group) is 1. The number of rotatable bonds is 3. The van der Waals surface area contributed by atoms with Gasteiger partial charge in [0.1, 0.15) is 5.82 Å². The Morgan fingerprint density at radius 1 is 1.05 bits per heavy atom. The first-order valence-corrected chi connectivity index (χ1v) is 6.61. The van der Waals surface area contributed by atoms with E-state index in [0.717, 1.165) is 22.4 Å². The third-order valence-corrected chi connectivity index (χ3v) is 2.80. The largest absolute Gasteiger partial charge is 0.395 e. The summed E-state index contributed by atoms with van der Waals surface area (Å²) in [5.41, 5.74) is 3.21. The van der Waals surface area contributed by atoms with E-state index in [1.54, 1.807) is 7.05 Å². The number of fused-ring (bicyclic) bond motifs is 1. The van der Waals surface area contributed by atoms with Crippen LogP contribution in [0.3, 0.4) is 0 Å². The molecule has 0 unspecified atom stereocenters. The van der Waals surface area contributed by atoms with Gasteiger partial charge in [0.15, 0.2) is 0 Å². The van der Waals surface area contributed by atoms with Crippen LogP contribution in [-0.2, 0) is 0 Å². The van der Waals surface area contributed by atoms with Gasteiger partial charge in [0, 0.05) is 12.1 Å². The molecule has 0 saturated heterocycles. The minimum Gasteiger partial charge on any atom is -0.395 e. The minimum atomic E-state index is 0.233. The first-order valence-electron chi connectivity index (χ1n) is 6.61. The zero-order chi connectivity index (χ0) is 14.2. The van der Waals surface area contributed by atoms with Crippen LogP contribution in [0.2, 0.25) is 0 Å². The summed E-state index contributed by atoms with van der Waals surface area (Å²) in [4.78, 5) is 7.83. The molecule has 20 heavy (non-hydrogen) atoms. The second-order valence-corrected chi connectivity index (χ2v) is 4.30. The van der Waals surface area contributed by atoms with Gasteiger partial charge in [-0.25, -0.2) is 4.98 Å². The predicted molar refractivity (Wildman–Crippen MR) is 82.5 cm³/mol. The van der Waals surface area contributed by atoms with Crippen LogP contribution in [0.5, 0.6) is 0 Å². The van der Waals surface area contributed by atoms with Crippen LogP contribution < -0.4 is 5.32 Å². The van der Waals surface area contributed by atoms with E-state index in [9.17, 15) is 0 Å². The highest BCUT2D eigenvalue weighted by Gasteiger charge is 2.02. The van der Waals surface area contributed by atoms with Gasteiger partial charge in [-0.3, -0.25) is 0 Å². The average Bonchev–Trinajstić information content (AvgIpc) is 2.94. The van der Waals surface area contributed by atoms with Gasteiger partial charge in [0.05, 0.1) is 17.6 Å². The summed E-state index contributed by atoms with van der Waals surface area (Å²) in [6, 6.07) is 18.2. The summed E-state index contributed by atoms with van der Waals surface area (Å²) in [5, 5.41) is 10.8. The summed E-state index contributed by atoms with van der Waals surface area (Å²) in [6.45, 7) is 0.927. The maximum absolute atomic E-state index is 8.00. The fraction of sp³-hybridized carbons (Fsp3) is 0.188. The van der Waals surface area contributed by atoms with Crippen molar-refractivity contribution < 1.29 is 5.11 Å². The van der Waals surface area contributed by atoms with Gasteiger partial charge in [0.25, 0.3) is 0 Å². The number of nitrogens with zero attached hydrogens (tertiary/aromatic N) is 1. The van der Waals surface area contributed by atoms with Crippen molar-refractivity contribution in [1.82, 2.24) is 15.3 Å². The maximum Gasteiger partial charge on any atom is 0.138 e. The molecule has 3 aromatic rings. The molecule has 0 bridgehead atoms. The van der Waals surface area contributed by atoms with E-state index < -0.39 is 0 Å². The second kappa shape index (κ2) is 7.43. The van der Waals surface area contributed by atoms with E-state index in [1.807, 2.05) is 42.5 Å². The van der Waals surface area contributed by atoms with Crippen molar-refractivity contribution in [2.75, 3.05) is 20.2 Å². The molecule has 2 aromatic carbocycles. The standard InChI is InChI=1S/C13H10N2.C3H9NO/c1-2-6-10(7-3-1)13-14-11-8-4-5-9-12(11)15-13;1-4-2-3-5/h1-9H,(H,14,15);4-5H,2-3H2,1H3. The van der Waals surface area contributed by atoms with Crippen molar-refractivity contribution in [3.8, 4) is 11.4 Å². The van der Waals surface area contributed by atoms with E-state index in [0.29, 0.717) is 6.54 Å². The van der Waals surface area contributed by atoms with Gasteiger partial charge in [-0.2, -0.15) is 0 Å². The molecule has 3 rings (SSSR count). The summed E-state index contributed by atoms with van der Waals surface area (Å²) < 4.78 is 0. The molecule has 4 nitrogen and oxygen atoms in total. The molecular formula is C16H19N3O. The number of aromatic amines is 1. The molecule has 3 N–H and O–H groups in total. The van der Waals surface area contributed by atoms with E-state index in [2.05, 4.69) is 27.4 Å². The summed E-state index contributed by atoms with van der Waals surface area (Å²) >= 11 is 0. The molecule has 0 radical (unpaired) electrons. The summed E-state index contributed by atoms with van der Waals surface area (Å²) in [7, 11) is 1.80. The lowest BCUT2D eigenvalue weighted by atomic mass is 10.2. The van der Waals surface area contributed by atoms with Crippen molar-refractivity contribution >= 4 is 11.0 Å². The lowest BCUT2D eigenvalue weighted by Gasteiger charge is -1.93. The molecule has 0 aliphatic rings. The lowest BCUT2D eigenvalue weighted by molar-refractivity contribution is 0.296. The van der Waals surface area contributed by atoms with Crippen molar-refractivity contribution in [3.63, 3.8) is 0 Å². The Hall–Kier alpha value is -2.17. The fourth-order valence-corrected chi connectivity index (χ4v) is 1.80. The highest BCUT2D eigenvalue weighted by Crippen LogP contribution is 2.19. The Kier molecular flexibility index (Phi) is 5.29. The Labute approximate surface area is 118 Å². The van der Waals surface area contributed by atoms with Crippen LogP contribution in [0.25, 0.3) is 22.4 Å². The number of imidazole rings is 1. The van der Waals surface area contributed by atoms with Gasteiger partial charge in [0.2, 0.25) is 0 Å². The molecule has 1 aromatic heterocycles. The molecule has 104 valence electrons. The monoisotopic (exact) mass is 269 g/mol. The van der Waals surface area contributed by atoms with Crippen LogP contribution in [0.4, 0.5) is 0 Å².